The van der Waals surface area contributed by atoms with Crippen LogP contribution < -0.4 is 5.32 Å². The van der Waals surface area contributed by atoms with Crippen LogP contribution in [0.1, 0.15) is 50.9 Å². The van der Waals surface area contributed by atoms with E-state index >= 15 is 0 Å². The lowest BCUT2D eigenvalue weighted by Gasteiger charge is -2.28. The number of amides is 1. The number of nitrogens with zero attached hydrogens (tertiary/aromatic N) is 1. The van der Waals surface area contributed by atoms with Crippen molar-refractivity contribution < 1.29 is 14.7 Å². The van der Waals surface area contributed by atoms with E-state index in [0.717, 1.165) is 0 Å². The Labute approximate surface area is 142 Å². The Kier molecular flexibility index (Phi) is 5.22. The zero-order chi connectivity index (χ0) is 17.9. The van der Waals surface area contributed by atoms with E-state index in [9.17, 15) is 14.7 Å². The third-order valence-electron chi connectivity index (χ3n) is 3.79. The minimum absolute atomic E-state index is 0.0756. The van der Waals surface area contributed by atoms with Crippen LogP contribution in [0.15, 0.2) is 40.6 Å². The van der Waals surface area contributed by atoms with Gasteiger partial charge < -0.3 is 10.4 Å². The molecule has 128 valence electrons. The van der Waals surface area contributed by atoms with Gasteiger partial charge in [-0.1, -0.05) is 13.8 Å². The van der Waals surface area contributed by atoms with Crippen molar-refractivity contribution in [3.05, 3.63) is 41.2 Å². The van der Waals surface area contributed by atoms with Crippen LogP contribution >= 0.6 is 0 Å². The van der Waals surface area contributed by atoms with Gasteiger partial charge in [0, 0.05) is 30.7 Å². The largest absolute Gasteiger partial charge is 0.511 e. The molecule has 2 rings (SSSR count). The number of Topliss-reactive ketones (excluding diaryl/α,β-unsaturated/α-hetero) is 1. The summed E-state index contributed by atoms with van der Waals surface area (Å²) in [7, 11) is 0. The molecule has 0 bridgehead atoms. The van der Waals surface area contributed by atoms with Crippen LogP contribution in [0, 0.1) is 5.41 Å². The molecule has 0 aromatic heterocycles. The lowest BCUT2D eigenvalue weighted by Crippen LogP contribution is -2.29. The molecule has 0 radical (unpaired) electrons. The lowest BCUT2D eigenvalue weighted by molar-refractivity contribution is -0.117. The number of benzene rings is 1. The minimum atomic E-state index is -0.218. The van der Waals surface area contributed by atoms with Gasteiger partial charge in [-0.15, -0.1) is 0 Å². The second-order valence-corrected chi connectivity index (χ2v) is 7.23. The first-order valence-electron chi connectivity index (χ1n) is 8.08. The molecule has 0 saturated heterocycles. The monoisotopic (exact) mass is 328 g/mol. The molecule has 1 aliphatic rings. The third kappa shape index (κ3) is 4.54. The summed E-state index contributed by atoms with van der Waals surface area (Å²) in [5, 5.41) is 12.9. The molecule has 0 fully saturated rings. The number of hydrogen-bond donors (Lipinski definition) is 2. The number of hydrogen-bond acceptors (Lipinski definition) is 4. The van der Waals surface area contributed by atoms with Crippen LogP contribution in [-0.2, 0) is 4.79 Å². The predicted octanol–water partition coefficient (Wildman–Crippen LogP) is 3.73. The Morgan fingerprint density at radius 2 is 1.88 bits per heavy atom. The fraction of sp³-hybridized carbons (Fsp3) is 0.421. The first-order chi connectivity index (χ1) is 11.2. The average molecular weight is 328 g/mol. The number of aliphatic imine (C=N–C) groups is 1. The number of aliphatic hydroxyl groups is 1. The van der Waals surface area contributed by atoms with Gasteiger partial charge in [0.25, 0.3) is 5.91 Å². The highest BCUT2D eigenvalue weighted by molar-refractivity contribution is 6.14. The van der Waals surface area contributed by atoms with Gasteiger partial charge in [0.15, 0.2) is 5.78 Å². The van der Waals surface area contributed by atoms with Crippen molar-refractivity contribution >= 4 is 23.6 Å². The molecule has 0 spiro atoms. The van der Waals surface area contributed by atoms with E-state index < -0.39 is 0 Å². The molecule has 2 N–H and O–H groups in total. The van der Waals surface area contributed by atoms with Gasteiger partial charge in [0.1, 0.15) is 5.76 Å². The molecule has 0 heterocycles. The lowest BCUT2D eigenvalue weighted by atomic mass is 9.77. The van der Waals surface area contributed by atoms with Crippen LogP contribution in [0.5, 0.6) is 0 Å². The Bertz CT molecular complexity index is 698. The summed E-state index contributed by atoms with van der Waals surface area (Å²) in [5.41, 5.74) is 1.23. The maximum atomic E-state index is 12.1. The molecule has 0 unspecified atom stereocenters. The van der Waals surface area contributed by atoms with Crippen LogP contribution in [0.4, 0.5) is 5.69 Å². The maximum absolute atomic E-state index is 12.1. The van der Waals surface area contributed by atoms with Gasteiger partial charge in [-0.2, -0.15) is 0 Å². The van der Waals surface area contributed by atoms with E-state index in [2.05, 4.69) is 10.3 Å². The maximum Gasteiger partial charge on any atom is 0.251 e. The second-order valence-electron chi connectivity index (χ2n) is 7.23. The quantitative estimate of drug-likeness (QED) is 0.827. The summed E-state index contributed by atoms with van der Waals surface area (Å²) in [6, 6.07) is 6.86. The molecule has 0 saturated carbocycles. The number of ketones is 1. The van der Waals surface area contributed by atoms with Crippen LogP contribution in [0.2, 0.25) is 0 Å². The second kappa shape index (κ2) is 6.99. The predicted molar refractivity (Wildman–Crippen MR) is 94.9 cm³/mol. The molecule has 1 aromatic carbocycles. The average Bonchev–Trinajstić information content (AvgIpc) is 2.45. The zero-order valence-corrected chi connectivity index (χ0v) is 14.6. The number of carbonyl (C=O) groups is 2. The molecular weight excluding hydrogens is 304 g/mol. The number of carbonyl (C=O) groups excluding carboxylic acids is 2. The fourth-order valence-corrected chi connectivity index (χ4v) is 2.63. The SMILES string of the molecule is CC(C)NC(=O)c1ccc(N=CC2=C(O)CC(C)(C)CC2=O)cc1. The number of allylic oxidation sites excluding steroid dienone is 2. The molecule has 5 nitrogen and oxygen atoms in total. The Morgan fingerprint density at radius 1 is 1.25 bits per heavy atom. The Balaban J connectivity index is 2.12. The van der Waals surface area contributed by atoms with Crippen molar-refractivity contribution in [2.24, 2.45) is 10.4 Å². The topological polar surface area (TPSA) is 78.8 Å². The van der Waals surface area contributed by atoms with Crippen LogP contribution in [0.25, 0.3) is 0 Å². The van der Waals surface area contributed by atoms with Crippen molar-refractivity contribution in [2.45, 2.75) is 46.6 Å². The van der Waals surface area contributed by atoms with Gasteiger partial charge in [0.2, 0.25) is 0 Å². The van der Waals surface area contributed by atoms with E-state index in [1.54, 1.807) is 24.3 Å². The Hall–Kier alpha value is -2.43. The number of aliphatic hydroxyl groups excluding tert-OH is 1. The van der Waals surface area contributed by atoms with E-state index in [-0.39, 0.29) is 34.5 Å². The first-order valence-corrected chi connectivity index (χ1v) is 8.08. The smallest absolute Gasteiger partial charge is 0.251 e. The fourth-order valence-electron chi connectivity index (χ4n) is 2.63. The molecule has 0 atom stereocenters. The van der Waals surface area contributed by atoms with E-state index in [0.29, 0.717) is 24.1 Å². The molecular formula is C19H24N2O3. The Morgan fingerprint density at radius 3 is 2.42 bits per heavy atom. The summed E-state index contributed by atoms with van der Waals surface area (Å²) in [6.45, 7) is 7.71. The number of nitrogens with one attached hydrogen (secondary N) is 1. The molecule has 1 aromatic rings. The standard InChI is InChI=1S/C19H24N2O3/c1-12(2)21-18(24)13-5-7-14(8-6-13)20-11-15-16(22)9-19(3,4)10-17(15)23/h5-8,11-12,22H,9-10H2,1-4H3,(H,21,24). The van der Waals surface area contributed by atoms with E-state index in [1.807, 2.05) is 27.7 Å². The van der Waals surface area contributed by atoms with Crippen molar-refractivity contribution in [3.8, 4) is 0 Å². The molecule has 0 aliphatic heterocycles. The number of rotatable bonds is 4. The van der Waals surface area contributed by atoms with Crippen LogP contribution in [-0.4, -0.2) is 29.1 Å². The van der Waals surface area contributed by atoms with Gasteiger partial charge in [-0.25, -0.2) is 0 Å². The van der Waals surface area contributed by atoms with Gasteiger partial charge in [-0.3, -0.25) is 14.6 Å². The zero-order valence-electron chi connectivity index (χ0n) is 14.6. The van der Waals surface area contributed by atoms with Crippen molar-refractivity contribution in [1.82, 2.24) is 5.32 Å². The van der Waals surface area contributed by atoms with E-state index in [4.69, 9.17) is 0 Å². The summed E-state index contributed by atoms with van der Waals surface area (Å²) >= 11 is 0. The summed E-state index contributed by atoms with van der Waals surface area (Å²) in [5.74, 6) is -0.140. The molecule has 1 amide bonds. The summed E-state index contributed by atoms with van der Waals surface area (Å²) < 4.78 is 0. The van der Waals surface area contributed by atoms with Crippen molar-refractivity contribution in [2.75, 3.05) is 0 Å². The molecule has 5 heteroatoms. The highest BCUT2D eigenvalue weighted by atomic mass is 16.3. The highest BCUT2D eigenvalue weighted by Gasteiger charge is 2.32. The normalized spacial score (nSPS) is 17.6. The summed E-state index contributed by atoms with van der Waals surface area (Å²) in [4.78, 5) is 28.3. The first kappa shape index (κ1) is 17.9. The highest BCUT2D eigenvalue weighted by Crippen LogP contribution is 2.35. The minimum Gasteiger partial charge on any atom is -0.511 e. The molecule has 24 heavy (non-hydrogen) atoms. The van der Waals surface area contributed by atoms with Crippen molar-refractivity contribution in [1.29, 1.82) is 0 Å². The van der Waals surface area contributed by atoms with Gasteiger partial charge >= 0.3 is 0 Å². The molecule has 1 aliphatic carbocycles. The third-order valence-corrected chi connectivity index (χ3v) is 3.79. The van der Waals surface area contributed by atoms with Gasteiger partial charge in [-0.05, 0) is 43.5 Å². The van der Waals surface area contributed by atoms with Gasteiger partial charge in [0.05, 0.1) is 11.3 Å². The van der Waals surface area contributed by atoms with Crippen molar-refractivity contribution in [3.63, 3.8) is 0 Å². The summed E-state index contributed by atoms with van der Waals surface area (Å²) in [6.07, 6.45) is 2.28. The van der Waals surface area contributed by atoms with Crippen LogP contribution in [0.3, 0.4) is 0 Å². The van der Waals surface area contributed by atoms with E-state index in [1.165, 1.54) is 6.21 Å².